The molecule has 2 aliphatic rings. The molecule has 1 saturated heterocycles. The Labute approximate surface area is 145 Å². The molecular formula is C18H21N3O4. The van der Waals surface area contributed by atoms with E-state index in [1.165, 1.54) is 0 Å². The van der Waals surface area contributed by atoms with Crippen LogP contribution in [0, 0.1) is 0 Å². The van der Waals surface area contributed by atoms with E-state index in [0.717, 1.165) is 36.3 Å². The van der Waals surface area contributed by atoms with Gasteiger partial charge < -0.3 is 19.1 Å². The number of fused-ring (bicyclic) bond motifs is 3. The fourth-order valence-electron chi connectivity index (χ4n) is 3.49. The Morgan fingerprint density at radius 1 is 1.04 bits per heavy atom. The van der Waals surface area contributed by atoms with Crippen LogP contribution in [0.1, 0.15) is 5.56 Å². The molecule has 3 heterocycles. The van der Waals surface area contributed by atoms with Gasteiger partial charge in [0.1, 0.15) is 5.82 Å². The average molecular weight is 343 g/mol. The van der Waals surface area contributed by atoms with E-state index >= 15 is 0 Å². The van der Waals surface area contributed by atoms with Crippen LogP contribution in [0.25, 0.3) is 11.3 Å². The minimum absolute atomic E-state index is 0.209. The summed E-state index contributed by atoms with van der Waals surface area (Å²) in [5.41, 5.74) is 2.82. The smallest absolute Gasteiger partial charge is 0.350 e. The average Bonchev–Trinajstić information content (AvgIpc) is 2.67. The molecule has 1 fully saturated rings. The lowest BCUT2D eigenvalue weighted by Gasteiger charge is -2.29. The summed E-state index contributed by atoms with van der Waals surface area (Å²) in [5.74, 6) is 2.08. The van der Waals surface area contributed by atoms with E-state index in [1.807, 2.05) is 18.2 Å². The van der Waals surface area contributed by atoms with Gasteiger partial charge in [0.2, 0.25) is 0 Å². The van der Waals surface area contributed by atoms with Crippen LogP contribution in [0.4, 0.5) is 5.82 Å². The number of anilines is 1. The zero-order chi connectivity index (χ0) is 17.4. The molecule has 0 atom stereocenters. The van der Waals surface area contributed by atoms with Crippen LogP contribution >= 0.6 is 0 Å². The van der Waals surface area contributed by atoms with E-state index in [1.54, 1.807) is 18.8 Å². The first-order chi connectivity index (χ1) is 12.2. The maximum absolute atomic E-state index is 12.6. The van der Waals surface area contributed by atoms with E-state index in [2.05, 4.69) is 9.88 Å². The van der Waals surface area contributed by atoms with Gasteiger partial charge in [0.25, 0.3) is 0 Å². The van der Waals surface area contributed by atoms with Crippen molar-refractivity contribution >= 4 is 5.82 Å². The van der Waals surface area contributed by atoms with E-state index < -0.39 is 0 Å². The third-order valence-corrected chi connectivity index (χ3v) is 4.82. The molecule has 2 aliphatic heterocycles. The molecule has 132 valence electrons. The molecule has 0 N–H and O–H groups in total. The third-order valence-electron chi connectivity index (χ3n) is 4.82. The Balaban J connectivity index is 1.85. The summed E-state index contributed by atoms with van der Waals surface area (Å²) in [6, 6.07) is 5.94. The lowest BCUT2D eigenvalue weighted by molar-refractivity contribution is 0.122. The summed E-state index contributed by atoms with van der Waals surface area (Å²) in [5, 5.41) is 0. The van der Waals surface area contributed by atoms with Gasteiger partial charge in [0, 0.05) is 31.3 Å². The first-order valence-corrected chi connectivity index (χ1v) is 8.41. The maximum Gasteiger partial charge on any atom is 0.350 e. The lowest BCUT2D eigenvalue weighted by Crippen LogP contribution is -2.39. The second kappa shape index (κ2) is 6.40. The fraction of sp³-hybridized carbons (Fsp3) is 0.444. The first-order valence-electron chi connectivity index (χ1n) is 8.41. The molecule has 2 aromatic rings. The van der Waals surface area contributed by atoms with Gasteiger partial charge in [0.15, 0.2) is 11.5 Å². The summed E-state index contributed by atoms with van der Waals surface area (Å²) < 4.78 is 18.0. The molecule has 0 saturated carbocycles. The molecule has 0 unspecified atom stereocenters. The quantitative estimate of drug-likeness (QED) is 0.837. The topological polar surface area (TPSA) is 65.8 Å². The monoisotopic (exact) mass is 343 g/mol. The molecule has 7 nitrogen and oxygen atoms in total. The van der Waals surface area contributed by atoms with E-state index in [0.29, 0.717) is 37.1 Å². The molecule has 0 bridgehead atoms. The largest absolute Gasteiger partial charge is 0.493 e. The second-order valence-electron chi connectivity index (χ2n) is 6.15. The minimum atomic E-state index is -0.209. The summed E-state index contributed by atoms with van der Waals surface area (Å²) in [6.07, 6.45) is 0.765. The Kier molecular flexibility index (Phi) is 4.09. The van der Waals surface area contributed by atoms with E-state index in [9.17, 15) is 4.79 Å². The fourth-order valence-corrected chi connectivity index (χ4v) is 3.49. The normalized spacial score (nSPS) is 16.2. The highest BCUT2D eigenvalue weighted by molar-refractivity contribution is 5.72. The highest BCUT2D eigenvalue weighted by Crippen LogP contribution is 2.38. The summed E-state index contributed by atoms with van der Waals surface area (Å²) in [4.78, 5) is 18.9. The van der Waals surface area contributed by atoms with Crippen molar-refractivity contribution in [3.05, 3.63) is 34.2 Å². The molecule has 0 spiro atoms. The van der Waals surface area contributed by atoms with Crippen LogP contribution < -0.4 is 20.1 Å². The number of nitrogens with zero attached hydrogens (tertiary/aromatic N) is 3. The number of methoxy groups -OCH3 is 2. The number of hydrogen-bond acceptors (Lipinski definition) is 6. The zero-order valence-corrected chi connectivity index (χ0v) is 14.4. The number of ether oxygens (including phenoxy) is 3. The third kappa shape index (κ3) is 2.74. The Hall–Kier alpha value is -2.54. The van der Waals surface area contributed by atoms with Gasteiger partial charge in [-0.15, -0.1) is 0 Å². The molecule has 0 amide bonds. The van der Waals surface area contributed by atoms with Gasteiger partial charge in [-0.25, -0.2) is 4.79 Å². The molecule has 0 aliphatic carbocycles. The summed E-state index contributed by atoms with van der Waals surface area (Å²) in [7, 11) is 3.25. The zero-order valence-electron chi connectivity index (χ0n) is 14.4. The van der Waals surface area contributed by atoms with Crippen LogP contribution in [-0.2, 0) is 17.7 Å². The minimum Gasteiger partial charge on any atom is -0.493 e. The van der Waals surface area contributed by atoms with Crippen LogP contribution in [0.15, 0.2) is 23.0 Å². The van der Waals surface area contributed by atoms with Crippen molar-refractivity contribution in [2.45, 2.75) is 13.0 Å². The van der Waals surface area contributed by atoms with Gasteiger partial charge in [0.05, 0.1) is 33.1 Å². The molecule has 1 aromatic carbocycles. The van der Waals surface area contributed by atoms with Gasteiger partial charge in [-0.1, -0.05) is 0 Å². The second-order valence-corrected chi connectivity index (χ2v) is 6.15. The van der Waals surface area contributed by atoms with Crippen LogP contribution in [0.5, 0.6) is 11.5 Å². The predicted octanol–water partition coefficient (Wildman–Crippen LogP) is 1.32. The number of morpholine rings is 1. The highest BCUT2D eigenvalue weighted by atomic mass is 16.5. The van der Waals surface area contributed by atoms with Crippen molar-refractivity contribution < 1.29 is 14.2 Å². The van der Waals surface area contributed by atoms with Gasteiger partial charge in [-0.3, -0.25) is 4.57 Å². The molecule has 25 heavy (non-hydrogen) atoms. The van der Waals surface area contributed by atoms with Crippen LogP contribution in [-0.4, -0.2) is 50.1 Å². The highest BCUT2D eigenvalue weighted by Gasteiger charge is 2.23. The van der Waals surface area contributed by atoms with Crippen molar-refractivity contribution in [2.24, 2.45) is 0 Å². The summed E-state index contributed by atoms with van der Waals surface area (Å²) in [6.45, 7) is 3.42. The Bertz CT molecular complexity index is 856. The maximum atomic E-state index is 12.6. The number of benzene rings is 1. The van der Waals surface area contributed by atoms with Crippen molar-refractivity contribution in [1.29, 1.82) is 0 Å². The molecule has 1 aromatic heterocycles. The van der Waals surface area contributed by atoms with Gasteiger partial charge in [-0.05, 0) is 24.1 Å². The van der Waals surface area contributed by atoms with Crippen LogP contribution in [0.3, 0.4) is 0 Å². The van der Waals surface area contributed by atoms with Crippen molar-refractivity contribution in [1.82, 2.24) is 9.55 Å². The molecular weight excluding hydrogens is 322 g/mol. The van der Waals surface area contributed by atoms with Gasteiger partial charge in [-0.2, -0.15) is 4.98 Å². The molecule has 4 rings (SSSR count). The lowest BCUT2D eigenvalue weighted by atomic mass is 9.96. The van der Waals surface area contributed by atoms with E-state index in [-0.39, 0.29) is 5.69 Å². The first kappa shape index (κ1) is 16.0. The van der Waals surface area contributed by atoms with Crippen molar-refractivity contribution in [3.8, 4) is 22.8 Å². The number of aryl methyl sites for hydroxylation is 1. The van der Waals surface area contributed by atoms with Crippen molar-refractivity contribution in [2.75, 3.05) is 45.4 Å². The number of hydrogen-bond donors (Lipinski definition) is 0. The Morgan fingerprint density at radius 3 is 2.48 bits per heavy atom. The SMILES string of the molecule is COc1cc2c(cc1OC)-c1cc(N3CCOCC3)nc(=O)n1CC2. The number of rotatable bonds is 3. The number of aromatic nitrogens is 2. The van der Waals surface area contributed by atoms with Gasteiger partial charge >= 0.3 is 5.69 Å². The molecule has 0 radical (unpaired) electrons. The standard InChI is InChI=1S/C18H21N3O4/c1-23-15-9-12-3-4-21-14(13(12)10-16(15)24-2)11-17(19-18(21)22)20-5-7-25-8-6-20/h9-11H,3-8H2,1-2H3. The molecule has 7 heteroatoms. The van der Waals surface area contributed by atoms with E-state index in [4.69, 9.17) is 14.2 Å². The Morgan fingerprint density at radius 2 is 1.76 bits per heavy atom. The van der Waals surface area contributed by atoms with Crippen LogP contribution in [0.2, 0.25) is 0 Å². The predicted molar refractivity (Wildman–Crippen MR) is 93.8 cm³/mol. The summed E-state index contributed by atoms with van der Waals surface area (Å²) >= 11 is 0. The van der Waals surface area contributed by atoms with Crippen molar-refractivity contribution in [3.63, 3.8) is 0 Å².